The number of nitrogens with two attached hydrogens (primary N) is 1. The third kappa shape index (κ3) is 3.70. The van der Waals surface area contributed by atoms with Crippen LogP contribution in [-0.4, -0.2) is 16.9 Å². The Kier molecular flexibility index (Phi) is 4.22. The van der Waals surface area contributed by atoms with Gasteiger partial charge in [-0.3, -0.25) is 4.90 Å². The van der Waals surface area contributed by atoms with E-state index in [1.54, 1.807) is 17.4 Å². The van der Waals surface area contributed by atoms with Crippen molar-refractivity contribution in [2.75, 3.05) is 12.8 Å². The molecule has 18 heavy (non-hydrogen) atoms. The average Bonchev–Trinajstić information content (AvgIpc) is 2.61. The number of anilines is 1. The summed E-state index contributed by atoms with van der Waals surface area (Å²) in [5.74, 6) is 0. The SMILES string of the molecule is Cc1nc(CN(C)Cc2cc(N)cc(Cl)c2)cs1. The second-order valence-electron chi connectivity index (χ2n) is 4.42. The Labute approximate surface area is 116 Å². The highest BCUT2D eigenvalue weighted by Crippen LogP contribution is 2.18. The van der Waals surface area contributed by atoms with Crippen molar-refractivity contribution >= 4 is 28.6 Å². The van der Waals surface area contributed by atoms with Crippen LogP contribution >= 0.6 is 22.9 Å². The van der Waals surface area contributed by atoms with E-state index in [1.807, 2.05) is 19.1 Å². The van der Waals surface area contributed by atoms with E-state index in [-0.39, 0.29) is 0 Å². The maximum Gasteiger partial charge on any atom is 0.0897 e. The van der Waals surface area contributed by atoms with Crippen LogP contribution in [0.5, 0.6) is 0 Å². The molecule has 0 atom stereocenters. The molecule has 2 rings (SSSR count). The largest absolute Gasteiger partial charge is 0.399 e. The zero-order valence-electron chi connectivity index (χ0n) is 10.5. The van der Waals surface area contributed by atoms with Crippen LogP contribution < -0.4 is 5.73 Å². The number of aryl methyl sites for hydroxylation is 1. The molecule has 3 nitrogen and oxygen atoms in total. The van der Waals surface area contributed by atoms with Gasteiger partial charge in [-0.2, -0.15) is 0 Å². The van der Waals surface area contributed by atoms with Gasteiger partial charge in [0.15, 0.2) is 0 Å². The van der Waals surface area contributed by atoms with Crippen LogP contribution in [0.1, 0.15) is 16.3 Å². The third-order valence-corrected chi connectivity index (χ3v) is 3.57. The van der Waals surface area contributed by atoms with E-state index in [1.165, 1.54) is 0 Å². The molecule has 2 aromatic rings. The number of hydrogen-bond acceptors (Lipinski definition) is 4. The van der Waals surface area contributed by atoms with Crippen LogP contribution in [0.3, 0.4) is 0 Å². The minimum Gasteiger partial charge on any atom is -0.399 e. The topological polar surface area (TPSA) is 42.2 Å². The van der Waals surface area contributed by atoms with Gasteiger partial charge >= 0.3 is 0 Å². The highest BCUT2D eigenvalue weighted by molar-refractivity contribution is 7.09. The minimum atomic E-state index is 0.683. The first-order valence-corrected chi connectivity index (χ1v) is 6.93. The minimum absolute atomic E-state index is 0.683. The summed E-state index contributed by atoms with van der Waals surface area (Å²) in [6.45, 7) is 3.66. The lowest BCUT2D eigenvalue weighted by Gasteiger charge is -2.15. The predicted octanol–water partition coefficient (Wildman–Crippen LogP) is 3.32. The summed E-state index contributed by atoms with van der Waals surface area (Å²) in [7, 11) is 2.06. The van der Waals surface area contributed by atoms with E-state index in [2.05, 4.69) is 22.3 Å². The van der Waals surface area contributed by atoms with E-state index in [4.69, 9.17) is 17.3 Å². The molecule has 96 valence electrons. The molecule has 0 aliphatic carbocycles. The van der Waals surface area contributed by atoms with Crippen molar-refractivity contribution in [1.29, 1.82) is 0 Å². The summed E-state index contributed by atoms with van der Waals surface area (Å²) < 4.78 is 0. The Morgan fingerprint density at radius 1 is 1.33 bits per heavy atom. The van der Waals surface area contributed by atoms with Gasteiger partial charge in [-0.1, -0.05) is 11.6 Å². The van der Waals surface area contributed by atoms with E-state index < -0.39 is 0 Å². The van der Waals surface area contributed by atoms with Crippen molar-refractivity contribution in [2.24, 2.45) is 0 Å². The first-order chi connectivity index (χ1) is 8.52. The molecular formula is C13H16ClN3S. The summed E-state index contributed by atoms with van der Waals surface area (Å²) in [6.07, 6.45) is 0. The summed E-state index contributed by atoms with van der Waals surface area (Å²) in [5.41, 5.74) is 8.71. The second-order valence-corrected chi connectivity index (χ2v) is 5.92. The lowest BCUT2D eigenvalue weighted by molar-refractivity contribution is 0.315. The van der Waals surface area contributed by atoms with Crippen LogP contribution in [0.25, 0.3) is 0 Å². The molecule has 0 unspecified atom stereocenters. The molecular weight excluding hydrogens is 266 g/mol. The van der Waals surface area contributed by atoms with Crippen LogP contribution in [0.15, 0.2) is 23.6 Å². The number of aromatic nitrogens is 1. The number of nitrogens with zero attached hydrogens (tertiary/aromatic N) is 2. The molecule has 1 aromatic carbocycles. The van der Waals surface area contributed by atoms with Gasteiger partial charge in [0, 0.05) is 29.2 Å². The number of thiazole rings is 1. The van der Waals surface area contributed by atoms with Gasteiger partial charge in [0.2, 0.25) is 0 Å². The number of halogens is 1. The van der Waals surface area contributed by atoms with Gasteiger partial charge in [0.05, 0.1) is 10.7 Å². The quantitative estimate of drug-likeness (QED) is 0.874. The van der Waals surface area contributed by atoms with Crippen molar-refractivity contribution < 1.29 is 0 Å². The van der Waals surface area contributed by atoms with Gasteiger partial charge in [-0.05, 0) is 37.7 Å². The van der Waals surface area contributed by atoms with Crippen molar-refractivity contribution in [1.82, 2.24) is 9.88 Å². The molecule has 0 radical (unpaired) electrons. The molecule has 0 aliphatic rings. The summed E-state index contributed by atoms with van der Waals surface area (Å²) >= 11 is 7.67. The lowest BCUT2D eigenvalue weighted by Crippen LogP contribution is -2.17. The molecule has 0 saturated heterocycles. The van der Waals surface area contributed by atoms with Gasteiger partial charge < -0.3 is 5.73 Å². The first kappa shape index (κ1) is 13.3. The van der Waals surface area contributed by atoms with Crippen LogP contribution in [0, 0.1) is 6.92 Å². The van der Waals surface area contributed by atoms with Gasteiger partial charge in [-0.15, -0.1) is 11.3 Å². The molecule has 0 saturated carbocycles. The number of rotatable bonds is 4. The molecule has 0 spiro atoms. The van der Waals surface area contributed by atoms with Crippen molar-refractivity contribution in [2.45, 2.75) is 20.0 Å². The fraction of sp³-hybridized carbons (Fsp3) is 0.308. The Morgan fingerprint density at radius 3 is 2.72 bits per heavy atom. The molecule has 0 fully saturated rings. The summed E-state index contributed by atoms with van der Waals surface area (Å²) in [5, 5.41) is 3.88. The highest BCUT2D eigenvalue weighted by Gasteiger charge is 2.05. The monoisotopic (exact) mass is 281 g/mol. The van der Waals surface area contributed by atoms with E-state index >= 15 is 0 Å². The highest BCUT2D eigenvalue weighted by atomic mass is 35.5. The van der Waals surface area contributed by atoms with Crippen LogP contribution in [-0.2, 0) is 13.1 Å². The van der Waals surface area contributed by atoms with Gasteiger partial charge in [0.25, 0.3) is 0 Å². The molecule has 0 aliphatic heterocycles. The molecule has 0 bridgehead atoms. The number of benzene rings is 1. The van der Waals surface area contributed by atoms with Gasteiger partial charge in [0.1, 0.15) is 0 Å². The Hall–Kier alpha value is -1.10. The van der Waals surface area contributed by atoms with Crippen LogP contribution in [0.4, 0.5) is 5.69 Å². The van der Waals surface area contributed by atoms with Crippen molar-refractivity contribution in [3.8, 4) is 0 Å². The number of hydrogen-bond donors (Lipinski definition) is 1. The van der Waals surface area contributed by atoms with Crippen molar-refractivity contribution in [3.05, 3.63) is 44.9 Å². The summed E-state index contributed by atoms with van der Waals surface area (Å²) in [6, 6.07) is 5.66. The molecule has 2 N–H and O–H groups in total. The van der Waals surface area contributed by atoms with E-state index in [9.17, 15) is 0 Å². The maximum absolute atomic E-state index is 5.99. The predicted molar refractivity (Wildman–Crippen MR) is 77.9 cm³/mol. The Morgan fingerprint density at radius 2 is 2.11 bits per heavy atom. The summed E-state index contributed by atoms with van der Waals surface area (Å²) in [4.78, 5) is 6.65. The number of nitrogen functional groups attached to an aromatic ring is 1. The fourth-order valence-corrected chi connectivity index (χ4v) is 2.76. The molecule has 0 amide bonds. The second kappa shape index (κ2) is 5.69. The standard InChI is InChI=1S/C13H16ClN3S/c1-9-16-13(8-18-9)7-17(2)6-10-3-11(14)5-12(15)4-10/h3-5,8H,6-7,15H2,1-2H3. The Bertz CT molecular complexity index is 519. The van der Waals surface area contributed by atoms with E-state index in [0.717, 1.165) is 29.4 Å². The van der Waals surface area contributed by atoms with Crippen LogP contribution in [0.2, 0.25) is 5.02 Å². The van der Waals surface area contributed by atoms with Crippen molar-refractivity contribution in [3.63, 3.8) is 0 Å². The van der Waals surface area contributed by atoms with Gasteiger partial charge in [-0.25, -0.2) is 4.98 Å². The average molecular weight is 282 g/mol. The lowest BCUT2D eigenvalue weighted by atomic mass is 10.2. The zero-order chi connectivity index (χ0) is 13.1. The third-order valence-electron chi connectivity index (χ3n) is 2.53. The zero-order valence-corrected chi connectivity index (χ0v) is 12.1. The Balaban J connectivity index is 2.00. The molecule has 1 aromatic heterocycles. The molecule has 5 heteroatoms. The van der Waals surface area contributed by atoms with E-state index in [0.29, 0.717) is 10.7 Å². The normalized spacial score (nSPS) is 11.1. The maximum atomic E-state index is 5.99. The fourth-order valence-electron chi connectivity index (χ4n) is 1.89. The molecule has 1 heterocycles. The smallest absolute Gasteiger partial charge is 0.0897 e. The first-order valence-electron chi connectivity index (χ1n) is 5.67.